The molecule has 0 saturated heterocycles. The second kappa shape index (κ2) is 9.69. The van der Waals surface area contributed by atoms with Gasteiger partial charge in [-0.25, -0.2) is 14.4 Å². The summed E-state index contributed by atoms with van der Waals surface area (Å²) in [6.45, 7) is 15.5. The lowest BCUT2D eigenvalue weighted by atomic mass is 9.96. The van der Waals surface area contributed by atoms with E-state index in [9.17, 15) is 14.4 Å². The fraction of sp³-hybridized carbons (Fsp3) is 0.222. The van der Waals surface area contributed by atoms with Gasteiger partial charge in [0.05, 0.1) is 0 Å². The molecule has 1 aliphatic rings. The van der Waals surface area contributed by atoms with Crippen molar-refractivity contribution in [1.29, 1.82) is 0 Å². The maximum atomic E-state index is 12.1. The second-order valence-electron chi connectivity index (χ2n) is 8.12. The monoisotopic (exact) mass is 446 g/mol. The Morgan fingerprint density at radius 3 is 1.88 bits per heavy atom. The van der Waals surface area contributed by atoms with E-state index in [1.54, 1.807) is 32.9 Å². The summed E-state index contributed by atoms with van der Waals surface area (Å²) in [6.07, 6.45) is 0.970. The number of rotatable bonds is 7. The molecule has 1 unspecified atom stereocenters. The first-order valence-corrected chi connectivity index (χ1v) is 10.5. The molecule has 0 aromatic heterocycles. The fourth-order valence-corrected chi connectivity index (χ4v) is 3.47. The fourth-order valence-electron chi connectivity index (χ4n) is 3.47. The van der Waals surface area contributed by atoms with Crippen molar-refractivity contribution in [3.8, 4) is 22.6 Å². The van der Waals surface area contributed by atoms with Gasteiger partial charge < -0.3 is 14.2 Å². The van der Waals surface area contributed by atoms with E-state index in [1.165, 1.54) is 6.07 Å². The minimum absolute atomic E-state index is 0.214. The third-order valence-electron chi connectivity index (χ3n) is 5.12. The Bertz CT molecular complexity index is 1140. The van der Waals surface area contributed by atoms with Gasteiger partial charge in [0.15, 0.2) is 0 Å². The summed E-state index contributed by atoms with van der Waals surface area (Å²) in [6, 6.07) is 10.6. The molecule has 0 aliphatic heterocycles. The number of hydrogen-bond acceptors (Lipinski definition) is 6. The van der Waals surface area contributed by atoms with Crippen molar-refractivity contribution >= 4 is 17.9 Å². The maximum absolute atomic E-state index is 12.1. The summed E-state index contributed by atoms with van der Waals surface area (Å²) in [5.41, 5.74) is 4.30. The normalized spacial score (nSPS) is 14.1. The molecule has 1 aliphatic carbocycles. The lowest BCUT2D eigenvalue weighted by Crippen LogP contribution is -2.10. The van der Waals surface area contributed by atoms with Crippen LogP contribution in [0.2, 0.25) is 0 Å². The lowest BCUT2D eigenvalue weighted by Gasteiger charge is -2.15. The van der Waals surface area contributed by atoms with Gasteiger partial charge >= 0.3 is 17.9 Å². The van der Waals surface area contributed by atoms with Gasteiger partial charge in [0.1, 0.15) is 17.6 Å². The molecule has 3 rings (SSSR count). The molecule has 0 N–H and O–H groups in total. The Morgan fingerprint density at radius 1 is 0.818 bits per heavy atom. The quantitative estimate of drug-likeness (QED) is 0.321. The highest BCUT2D eigenvalue weighted by Crippen LogP contribution is 2.41. The van der Waals surface area contributed by atoms with E-state index in [1.807, 2.05) is 18.2 Å². The van der Waals surface area contributed by atoms with Gasteiger partial charge in [0.25, 0.3) is 0 Å². The first-order chi connectivity index (χ1) is 15.6. The molecule has 1 atom stereocenters. The van der Waals surface area contributed by atoms with Crippen LogP contribution in [0.1, 0.15) is 44.4 Å². The van der Waals surface area contributed by atoms with Crippen LogP contribution in [0.4, 0.5) is 0 Å². The van der Waals surface area contributed by atoms with Crippen LogP contribution in [0.3, 0.4) is 0 Å². The molecular formula is C27H26O6. The number of carbonyl (C=O) groups excluding carboxylic acids is 3. The van der Waals surface area contributed by atoms with Gasteiger partial charge in [0.2, 0.25) is 0 Å². The van der Waals surface area contributed by atoms with Crippen LogP contribution in [0, 0.1) is 0 Å². The Hall–Kier alpha value is -3.93. The maximum Gasteiger partial charge on any atom is 0.338 e. The Morgan fingerprint density at radius 2 is 1.36 bits per heavy atom. The number of carbonyl (C=O) groups is 3. The zero-order valence-electron chi connectivity index (χ0n) is 19.0. The molecule has 33 heavy (non-hydrogen) atoms. The zero-order chi connectivity index (χ0) is 24.3. The Balaban J connectivity index is 2.04. The lowest BCUT2D eigenvalue weighted by molar-refractivity contribution is -0.144. The van der Waals surface area contributed by atoms with Gasteiger partial charge in [-0.2, -0.15) is 0 Å². The van der Waals surface area contributed by atoms with Crippen LogP contribution in [0.25, 0.3) is 11.1 Å². The molecule has 0 amide bonds. The van der Waals surface area contributed by atoms with Crippen molar-refractivity contribution in [2.45, 2.75) is 39.7 Å². The van der Waals surface area contributed by atoms with Crippen LogP contribution in [-0.2, 0) is 25.5 Å². The van der Waals surface area contributed by atoms with E-state index < -0.39 is 17.9 Å². The molecule has 2 aromatic rings. The predicted octanol–water partition coefficient (Wildman–Crippen LogP) is 5.42. The van der Waals surface area contributed by atoms with Crippen LogP contribution < -0.4 is 9.47 Å². The molecule has 0 radical (unpaired) electrons. The zero-order valence-corrected chi connectivity index (χ0v) is 19.0. The van der Waals surface area contributed by atoms with Gasteiger partial charge in [-0.15, -0.1) is 0 Å². The van der Waals surface area contributed by atoms with E-state index in [0.717, 1.165) is 16.7 Å². The summed E-state index contributed by atoms with van der Waals surface area (Å²) in [7, 11) is 0. The number of fused-ring (bicyclic) bond motifs is 1. The standard InChI is InChI=1S/C27H26O6/c1-15(2)25(28)31-19-12-18(13-20(14-19)32-26(29)16(3)4)21-8-7-9-23-22(21)10-11-24(23)33-27(30)17(5)6/h7-9,12-14,24H,1,3,5,10-11H2,2,4,6H3. The van der Waals surface area contributed by atoms with Crippen LogP contribution in [0.5, 0.6) is 11.5 Å². The Kier molecular flexibility index (Phi) is 6.97. The molecule has 0 spiro atoms. The topological polar surface area (TPSA) is 78.9 Å². The predicted molar refractivity (Wildman–Crippen MR) is 125 cm³/mol. The highest BCUT2D eigenvalue weighted by atomic mass is 16.6. The third kappa shape index (κ3) is 5.47. The molecule has 0 fully saturated rings. The van der Waals surface area contributed by atoms with Crippen LogP contribution in [0.15, 0.2) is 72.9 Å². The number of ether oxygens (including phenoxy) is 3. The average Bonchev–Trinajstić information content (AvgIpc) is 3.16. The minimum atomic E-state index is -0.589. The van der Waals surface area contributed by atoms with Gasteiger partial charge in [-0.1, -0.05) is 37.9 Å². The summed E-state index contributed by atoms with van der Waals surface area (Å²) >= 11 is 0. The van der Waals surface area contributed by atoms with E-state index in [-0.39, 0.29) is 28.7 Å². The van der Waals surface area contributed by atoms with Crippen LogP contribution >= 0.6 is 0 Å². The van der Waals surface area contributed by atoms with E-state index >= 15 is 0 Å². The average molecular weight is 446 g/mol. The first kappa shape index (κ1) is 23.7. The molecule has 6 heteroatoms. The van der Waals surface area contributed by atoms with E-state index in [4.69, 9.17) is 14.2 Å². The molecular weight excluding hydrogens is 420 g/mol. The van der Waals surface area contributed by atoms with Crippen LogP contribution in [-0.4, -0.2) is 17.9 Å². The molecule has 6 nitrogen and oxygen atoms in total. The SMILES string of the molecule is C=C(C)C(=O)Oc1cc(OC(=O)C(=C)C)cc(-c2cccc3c2CCC3OC(=O)C(=C)C)c1. The Labute approximate surface area is 193 Å². The van der Waals surface area contributed by atoms with Gasteiger partial charge in [-0.3, -0.25) is 0 Å². The first-order valence-electron chi connectivity index (χ1n) is 10.5. The molecule has 170 valence electrons. The van der Waals surface area contributed by atoms with E-state index in [0.29, 0.717) is 24.0 Å². The number of benzene rings is 2. The molecule has 2 aromatic carbocycles. The highest BCUT2D eigenvalue weighted by molar-refractivity contribution is 5.90. The third-order valence-corrected chi connectivity index (χ3v) is 5.12. The molecule has 0 bridgehead atoms. The summed E-state index contributed by atoms with van der Waals surface area (Å²) in [5.74, 6) is -1.18. The van der Waals surface area contributed by atoms with Crippen molar-refractivity contribution in [3.63, 3.8) is 0 Å². The molecule has 0 heterocycles. The van der Waals surface area contributed by atoms with Crippen molar-refractivity contribution < 1.29 is 28.6 Å². The summed E-state index contributed by atoms with van der Waals surface area (Å²) in [4.78, 5) is 36.2. The van der Waals surface area contributed by atoms with Gasteiger partial charge in [0, 0.05) is 22.8 Å². The number of hydrogen-bond donors (Lipinski definition) is 0. The van der Waals surface area contributed by atoms with Crippen molar-refractivity contribution in [2.24, 2.45) is 0 Å². The smallest absolute Gasteiger partial charge is 0.338 e. The second-order valence-corrected chi connectivity index (χ2v) is 8.12. The van der Waals surface area contributed by atoms with Gasteiger partial charge in [-0.05, 0) is 68.0 Å². The minimum Gasteiger partial charge on any atom is -0.454 e. The summed E-state index contributed by atoms with van der Waals surface area (Å²) < 4.78 is 16.4. The van der Waals surface area contributed by atoms with E-state index in [2.05, 4.69) is 19.7 Å². The largest absolute Gasteiger partial charge is 0.454 e. The highest BCUT2D eigenvalue weighted by Gasteiger charge is 2.28. The number of esters is 3. The van der Waals surface area contributed by atoms with Crippen molar-refractivity contribution in [2.75, 3.05) is 0 Å². The van der Waals surface area contributed by atoms with Crippen molar-refractivity contribution in [1.82, 2.24) is 0 Å². The molecule has 0 saturated carbocycles. The summed E-state index contributed by atoms with van der Waals surface area (Å²) in [5, 5.41) is 0. The van der Waals surface area contributed by atoms with Crippen molar-refractivity contribution in [3.05, 3.63) is 84.0 Å².